The molecule has 3 aromatic rings. The molecule has 1 atom stereocenters. The minimum atomic E-state index is -1.07. The SMILES string of the molecule is CCCCOc1cc(-c2nc(C(=O)NCc3ccc(F)cc3F)c([C@H](C)OC(N)=O)o2)ccc1OC. The number of nitrogens with one attached hydrogen (secondary N) is 1. The second-order valence-corrected chi connectivity index (χ2v) is 7.80. The number of primary amides is 1. The molecular formula is C25H27F2N3O6. The summed E-state index contributed by atoms with van der Waals surface area (Å²) in [7, 11) is 1.51. The molecule has 0 saturated heterocycles. The molecule has 0 spiro atoms. The van der Waals surface area contributed by atoms with Crippen molar-refractivity contribution in [2.75, 3.05) is 13.7 Å². The molecule has 3 rings (SSSR count). The van der Waals surface area contributed by atoms with Gasteiger partial charge in [-0.1, -0.05) is 19.4 Å². The third-order valence-corrected chi connectivity index (χ3v) is 5.15. The van der Waals surface area contributed by atoms with E-state index < -0.39 is 29.7 Å². The smallest absolute Gasteiger partial charge is 0.405 e. The third-order valence-electron chi connectivity index (χ3n) is 5.15. The summed E-state index contributed by atoms with van der Waals surface area (Å²) in [6.07, 6.45) is -0.331. The number of halogens is 2. The average Bonchev–Trinajstić information content (AvgIpc) is 3.29. The molecule has 0 radical (unpaired) electrons. The maximum atomic E-state index is 14.0. The van der Waals surface area contributed by atoms with Gasteiger partial charge < -0.3 is 29.7 Å². The van der Waals surface area contributed by atoms with Crippen LogP contribution in [0.4, 0.5) is 13.6 Å². The van der Waals surface area contributed by atoms with Crippen molar-refractivity contribution < 1.29 is 37.0 Å². The predicted molar refractivity (Wildman–Crippen MR) is 126 cm³/mol. The van der Waals surface area contributed by atoms with Crippen LogP contribution >= 0.6 is 0 Å². The van der Waals surface area contributed by atoms with Crippen LogP contribution in [-0.4, -0.2) is 30.7 Å². The van der Waals surface area contributed by atoms with Crippen molar-refractivity contribution in [1.82, 2.24) is 10.3 Å². The summed E-state index contributed by atoms with van der Waals surface area (Å²) in [5.41, 5.74) is 5.47. The van der Waals surface area contributed by atoms with E-state index in [2.05, 4.69) is 10.3 Å². The Morgan fingerprint density at radius 1 is 1.17 bits per heavy atom. The Kier molecular flexibility index (Phi) is 8.82. The van der Waals surface area contributed by atoms with Crippen LogP contribution in [0.3, 0.4) is 0 Å². The fourth-order valence-electron chi connectivity index (χ4n) is 3.29. The van der Waals surface area contributed by atoms with Gasteiger partial charge in [0.25, 0.3) is 5.91 Å². The van der Waals surface area contributed by atoms with Crippen molar-refractivity contribution in [3.63, 3.8) is 0 Å². The number of oxazole rings is 1. The van der Waals surface area contributed by atoms with Crippen LogP contribution in [0.2, 0.25) is 0 Å². The summed E-state index contributed by atoms with van der Waals surface area (Å²) in [6.45, 7) is 3.73. The third kappa shape index (κ3) is 6.49. The Morgan fingerprint density at radius 3 is 2.61 bits per heavy atom. The number of nitrogens with two attached hydrogens (primary N) is 1. The minimum Gasteiger partial charge on any atom is -0.493 e. The molecule has 0 aliphatic rings. The lowest BCUT2D eigenvalue weighted by Crippen LogP contribution is -2.26. The maximum Gasteiger partial charge on any atom is 0.405 e. The van der Waals surface area contributed by atoms with Gasteiger partial charge >= 0.3 is 6.09 Å². The van der Waals surface area contributed by atoms with Gasteiger partial charge in [0.1, 0.15) is 11.6 Å². The lowest BCUT2D eigenvalue weighted by molar-refractivity contribution is 0.0904. The Morgan fingerprint density at radius 2 is 1.94 bits per heavy atom. The first-order valence-electron chi connectivity index (χ1n) is 11.2. The highest BCUT2D eigenvalue weighted by Crippen LogP contribution is 2.34. The van der Waals surface area contributed by atoms with E-state index in [4.69, 9.17) is 24.4 Å². The summed E-state index contributed by atoms with van der Waals surface area (Å²) in [4.78, 5) is 28.5. The number of nitrogens with zero attached hydrogens (tertiary/aromatic N) is 1. The second-order valence-electron chi connectivity index (χ2n) is 7.80. The zero-order chi connectivity index (χ0) is 26.2. The number of carbonyl (C=O) groups excluding carboxylic acids is 2. The molecule has 192 valence electrons. The van der Waals surface area contributed by atoms with Crippen LogP contribution in [0.5, 0.6) is 11.5 Å². The molecule has 36 heavy (non-hydrogen) atoms. The van der Waals surface area contributed by atoms with E-state index in [9.17, 15) is 18.4 Å². The number of rotatable bonds is 11. The van der Waals surface area contributed by atoms with Crippen LogP contribution in [-0.2, 0) is 11.3 Å². The Labute approximate surface area is 206 Å². The number of methoxy groups -OCH3 is 1. The highest BCUT2D eigenvalue weighted by Gasteiger charge is 2.27. The van der Waals surface area contributed by atoms with Crippen LogP contribution < -0.4 is 20.5 Å². The molecule has 11 heteroatoms. The van der Waals surface area contributed by atoms with E-state index in [-0.39, 0.29) is 29.5 Å². The van der Waals surface area contributed by atoms with Crippen molar-refractivity contribution >= 4 is 12.0 Å². The van der Waals surface area contributed by atoms with Crippen LogP contribution in [0, 0.1) is 11.6 Å². The van der Waals surface area contributed by atoms with Crippen molar-refractivity contribution in [1.29, 1.82) is 0 Å². The largest absolute Gasteiger partial charge is 0.493 e. The Bertz CT molecular complexity index is 1230. The Hall–Kier alpha value is -4.15. The number of ether oxygens (including phenoxy) is 3. The molecule has 0 aliphatic carbocycles. The molecule has 1 heterocycles. The lowest BCUT2D eigenvalue weighted by Gasteiger charge is -2.11. The molecule has 2 aromatic carbocycles. The van der Waals surface area contributed by atoms with Gasteiger partial charge in [-0.2, -0.15) is 0 Å². The number of unbranched alkanes of at least 4 members (excludes halogenated alkanes) is 1. The molecule has 9 nitrogen and oxygen atoms in total. The molecule has 0 aliphatic heterocycles. The average molecular weight is 504 g/mol. The summed E-state index contributed by atoms with van der Waals surface area (Å²) in [5, 5.41) is 2.51. The van der Waals surface area contributed by atoms with Crippen molar-refractivity contribution in [3.05, 3.63) is 65.1 Å². The van der Waals surface area contributed by atoms with Crippen LogP contribution in [0.15, 0.2) is 40.8 Å². The zero-order valence-corrected chi connectivity index (χ0v) is 20.1. The van der Waals surface area contributed by atoms with E-state index in [0.717, 1.165) is 18.9 Å². The van der Waals surface area contributed by atoms with Crippen LogP contribution in [0.1, 0.15) is 54.6 Å². The van der Waals surface area contributed by atoms with E-state index in [1.54, 1.807) is 18.2 Å². The summed E-state index contributed by atoms with van der Waals surface area (Å²) in [5.74, 6) is -1.32. The lowest BCUT2D eigenvalue weighted by atomic mass is 10.2. The first kappa shape index (κ1) is 26.5. The predicted octanol–water partition coefficient (Wildman–Crippen LogP) is 4.89. The van der Waals surface area contributed by atoms with Crippen molar-refractivity contribution in [2.45, 2.75) is 39.3 Å². The normalized spacial score (nSPS) is 11.6. The molecule has 0 bridgehead atoms. The van der Waals surface area contributed by atoms with Gasteiger partial charge in [0.2, 0.25) is 5.89 Å². The highest BCUT2D eigenvalue weighted by atomic mass is 19.1. The quantitative estimate of drug-likeness (QED) is 0.357. The Balaban J connectivity index is 1.92. The fraction of sp³-hybridized carbons (Fsp3) is 0.320. The van der Waals surface area contributed by atoms with Crippen LogP contribution in [0.25, 0.3) is 11.5 Å². The number of benzene rings is 2. The van der Waals surface area contributed by atoms with E-state index in [1.807, 2.05) is 6.92 Å². The molecule has 0 fully saturated rings. The van der Waals surface area contributed by atoms with Gasteiger partial charge in [-0.25, -0.2) is 18.6 Å². The molecule has 3 N–H and O–H groups in total. The van der Waals surface area contributed by atoms with Gasteiger partial charge in [0, 0.05) is 23.7 Å². The minimum absolute atomic E-state index is 0.0472. The maximum absolute atomic E-state index is 14.0. The summed E-state index contributed by atoms with van der Waals surface area (Å²) < 4.78 is 49.1. The fourth-order valence-corrected chi connectivity index (χ4v) is 3.29. The van der Waals surface area contributed by atoms with Gasteiger partial charge in [-0.3, -0.25) is 4.79 Å². The monoisotopic (exact) mass is 503 g/mol. The first-order chi connectivity index (χ1) is 17.2. The molecule has 2 amide bonds. The van der Waals surface area contributed by atoms with Crippen molar-refractivity contribution in [3.8, 4) is 23.0 Å². The van der Waals surface area contributed by atoms with E-state index >= 15 is 0 Å². The van der Waals surface area contributed by atoms with Gasteiger partial charge in [0.05, 0.1) is 13.7 Å². The second kappa shape index (κ2) is 12.0. The molecule has 0 unspecified atom stereocenters. The number of carbonyl (C=O) groups is 2. The number of hydrogen-bond acceptors (Lipinski definition) is 7. The first-order valence-corrected chi connectivity index (χ1v) is 11.2. The molecule has 0 saturated carbocycles. The molecule has 1 aromatic heterocycles. The number of aromatic nitrogens is 1. The highest BCUT2D eigenvalue weighted by molar-refractivity contribution is 5.94. The van der Waals surface area contributed by atoms with Crippen molar-refractivity contribution in [2.24, 2.45) is 5.73 Å². The summed E-state index contributed by atoms with van der Waals surface area (Å²) >= 11 is 0. The zero-order valence-electron chi connectivity index (χ0n) is 20.1. The molecular weight excluding hydrogens is 476 g/mol. The van der Waals surface area contributed by atoms with E-state index in [0.29, 0.717) is 29.7 Å². The number of amides is 2. The summed E-state index contributed by atoms with van der Waals surface area (Å²) in [6, 6.07) is 8.00. The standard InChI is InChI=1S/C25H27F2N3O6/c1-4-5-10-34-20-11-15(7-9-19(20)33-3)24-30-21(22(36-24)14(2)35-25(28)32)23(31)29-13-16-6-8-17(26)12-18(16)27/h6-9,11-12,14H,4-5,10,13H2,1-3H3,(H2,28,32)(H,29,31)/t14-/m0/s1. The van der Waals surface area contributed by atoms with E-state index in [1.165, 1.54) is 20.1 Å². The van der Waals surface area contributed by atoms with Gasteiger partial charge in [0.15, 0.2) is 29.1 Å². The van der Waals surface area contributed by atoms with Gasteiger partial charge in [-0.15, -0.1) is 0 Å². The number of hydrogen-bond donors (Lipinski definition) is 2. The topological polar surface area (TPSA) is 126 Å². The van der Waals surface area contributed by atoms with Gasteiger partial charge in [-0.05, 0) is 37.6 Å².